The Hall–Kier alpha value is -4.89. The Kier molecular flexibility index (Phi) is 10.8. The molecule has 5 aromatic carbocycles. The number of aliphatic hydroxyl groups is 1. The Morgan fingerprint density at radius 3 is 2.27 bits per heavy atom. The molecule has 52 heavy (non-hydrogen) atoms. The highest BCUT2D eigenvalue weighted by atomic mass is 32.2. The zero-order chi connectivity index (χ0) is 36.1. The molecular weight excluding hydrogens is 699 g/mol. The lowest BCUT2D eigenvalue weighted by Crippen LogP contribution is -2.38. The van der Waals surface area contributed by atoms with Gasteiger partial charge in [0.05, 0.1) is 29.4 Å². The van der Waals surface area contributed by atoms with Crippen LogP contribution in [0.2, 0.25) is 0 Å². The lowest BCUT2D eigenvalue weighted by molar-refractivity contribution is -0.268. The van der Waals surface area contributed by atoms with Crippen molar-refractivity contribution in [3.8, 4) is 22.6 Å². The van der Waals surface area contributed by atoms with Gasteiger partial charge in [0.2, 0.25) is 15.2 Å². The molecule has 0 radical (unpaired) electrons. The second kappa shape index (κ2) is 15.8. The minimum atomic E-state index is -3.63. The van der Waals surface area contributed by atoms with Gasteiger partial charge in [-0.2, -0.15) is 4.68 Å². The minimum Gasteiger partial charge on any atom is -0.508 e. The molecule has 3 N–H and O–H groups in total. The first kappa shape index (κ1) is 35.5. The predicted octanol–water partition coefficient (Wildman–Crippen LogP) is 6.59. The number of sulfonamides is 1. The van der Waals surface area contributed by atoms with Gasteiger partial charge in [0.25, 0.3) is 0 Å². The normalized spacial score (nSPS) is 19.0. The van der Waals surface area contributed by atoms with E-state index in [1.54, 1.807) is 59.3 Å². The van der Waals surface area contributed by atoms with E-state index in [1.165, 1.54) is 11.8 Å². The fourth-order valence-corrected chi connectivity index (χ4v) is 8.14. The number of phenolic OH excluding ortho intramolecular Hbond substituents is 1. The topological polar surface area (TPSA) is 149 Å². The SMILES string of the molecule is C[C@@H]1[C@H](CSc2nnnn2-c2ccc(O)cc2)O[C@H](c2ccc(-c3cccc(CNS(=O)(=O)c4ccccc4)c3)cc2)O[C@@H]1c1ccc(CO)cc1. The van der Waals surface area contributed by atoms with Crippen LogP contribution in [0.1, 0.15) is 41.6 Å². The van der Waals surface area contributed by atoms with E-state index < -0.39 is 16.3 Å². The van der Waals surface area contributed by atoms with Gasteiger partial charge < -0.3 is 19.7 Å². The number of aliphatic hydroxyl groups excluding tert-OH is 1. The van der Waals surface area contributed by atoms with E-state index in [1.807, 2.05) is 72.8 Å². The van der Waals surface area contributed by atoms with Crippen LogP contribution in [0.25, 0.3) is 16.8 Å². The highest BCUT2D eigenvalue weighted by molar-refractivity contribution is 7.99. The van der Waals surface area contributed by atoms with Crippen molar-refractivity contribution in [1.29, 1.82) is 0 Å². The van der Waals surface area contributed by atoms with Crippen molar-refractivity contribution in [2.45, 2.75) is 48.6 Å². The number of nitrogens with zero attached hydrogens (tertiary/aromatic N) is 4. The second-order valence-electron chi connectivity index (χ2n) is 12.5. The maximum Gasteiger partial charge on any atom is 0.240 e. The Morgan fingerprint density at radius 1 is 0.808 bits per heavy atom. The van der Waals surface area contributed by atoms with Crippen LogP contribution < -0.4 is 4.72 Å². The predicted molar refractivity (Wildman–Crippen MR) is 197 cm³/mol. The molecule has 266 valence electrons. The standard InChI is InChI=1S/C39H37N5O6S2/c1-26-36(25-51-39-41-42-43-44(39)33-18-20-34(46)21-19-33)49-38(50-37(26)30-12-10-27(24-45)11-13-30)31-16-14-29(15-17-31)32-7-5-6-28(22-32)23-40-52(47,48)35-8-3-2-4-9-35/h2-22,26,36-38,40,45-46H,23-25H2,1H3/t26-,36+,37+,38+/m1/s1. The van der Waals surface area contributed by atoms with Gasteiger partial charge in [-0.15, -0.1) is 5.10 Å². The van der Waals surface area contributed by atoms with Crippen LogP contribution in [0.4, 0.5) is 0 Å². The van der Waals surface area contributed by atoms with Crippen LogP contribution >= 0.6 is 11.8 Å². The van der Waals surface area contributed by atoms with E-state index in [9.17, 15) is 18.6 Å². The number of nitrogens with one attached hydrogen (secondary N) is 1. The number of phenols is 1. The highest BCUT2D eigenvalue weighted by Gasteiger charge is 2.38. The number of hydrogen-bond acceptors (Lipinski definition) is 10. The Labute approximate surface area is 306 Å². The summed E-state index contributed by atoms with van der Waals surface area (Å²) in [4.78, 5) is 0.225. The number of benzene rings is 5. The quantitative estimate of drug-likeness (QED) is 0.118. The van der Waals surface area contributed by atoms with Crippen LogP contribution in [0.3, 0.4) is 0 Å². The fraction of sp³-hybridized carbons (Fsp3) is 0.205. The summed E-state index contributed by atoms with van der Waals surface area (Å²) < 4.78 is 43.1. The summed E-state index contributed by atoms with van der Waals surface area (Å²) in [6, 6.07) is 38.5. The molecule has 11 nitrogen and oxygen atoms in total. The van der Waals surface area contributed by atoms with Gasteiger partial charge in [-0.25, -0.2) is 13.1 Å². The van der Waals surface area contributed by atoms with Gasteiger partial charge in [-0.1, -0.05) is 104 Å². The van der Waals surface area contributed by atoms with Crippen molar-refractivity contribution < 1.29 is 28.1 Å². The van der Waals surface area contributed by atoms with E-state index in [0.717, 1.165) is 39.1 Å². The van der Waals surface area contributed by atoms with Crippen molar-refractivity contribution in [1.82, 2.24) is 24.9 Å². The Balaban J connectivity index is 1.09. The molecule has 1 fully saturated rings. The summed E-state index contributed by atoms with van der Waals surface area (Å²) in [6.07, 6.45) is -1.20. The average Bonchev–Trinajstić information content (AvgIpc) is 3.66. The molecule has 6 aromatic rings. The van der Waals surface area contributed by atoms with Gasteiger partial charge in [0.1, 0.15) is 5.75 Å². The summed E-state index contributed by atoms with van der Waals surface area (Å²) in [5.74, 6) is 0.664. The summed E-state index contributed by atoms with van der Waals surface area (Å²) >= 11 is 1.48. The molecule has 0 aliphatic carbocycles. The van der Waals surface area contributed by atoms with Gasteiger partial charge in [-0.05, 0) is 80.7 Å². The van der Waals surface area contributed by atoms with E-state index in [4.69, 9.17) is 9.47 Å². The zero-order valence-electron chi connectivity index (χ0n) is 28.2. The van der Waals surface area contributed by atoms with Crippen LogP contribution in [0.5, 0.6) is 5.75 Å². The Morgan fingerprint density at radius 2 is 1.54 bits per heavy atom. The molecule has 1 saturated heterocycles. The number of rotatable bonds is 12. The third-order valence-electron chi connectivity index (χ3n) is 9.00. The van der Waals surface area contributed by atoms with Crippen LogP contribution in [0.15, 0.2) is 137 Å². The maximum absolute atomic E-state index is 12.8. The molecule has 1 aliphatic rings. The number of aromatic nitrogens is 4. The number of aromatic hydroxyl groups is 1. The first-order valence-electron chi connectivity index (χ1n) is 16.7. The third kappa shape index (κ3) is 8.10. The van der Waals surface area contributed by atoms with Gasteiger partial charge in [-0.3, -0.25) is 0 Å². The monoisotopic (exact) mass is 735 g/mol. The molecule has 1 aliphatic heterocycles. The molecule has 1 aromatic heterocycles. The zero-order valence-corrected chi connectivity index (χ0v) is 29.8. The smallest absolute Gasteiger partial charge is 0.240 e. The van der Waals surface area contributed by atoms with Crippen molar-refractivity contribution in [2.24, 2.45) is 5.92 Å². The highest BCUT2D eigenvalue weighted by Crippen LogP contribution is 2.43. The molecule has 7 rings (SSSR count). The summed E-state index contributed by atoms with van der Waals surface area (Å²) in [7, 11) is -3.63. The molecule has 2 heterocycles. The average molecular weight is 736 g/mol. The maximum atomic E-state index is 12.8. The van der Waals surface area contributed by atoms with E-state index in [2.05, 4.69) is 27.2 Å². The van der Waals surface area contributed by atoms with Crippen LogP contribution in [-0.4, -0.2) is 50.7 Å². The molecular formula is C39H37N5O6S2. The van der Waals surface area contributed by atoms with Crippen molar-refractivity contribution >= 4 is 21.8 Å². The molecule has 13 heteroatoms. The van der Waals surface area contributed by atoms with E-state index in [-0.39, 0.29) is 41.9 Å². The van der Waals surface area contributed by atoms with Crippen molar-refractivity contribution in [2.75, 3.05) is 5.75 Å². The van der Waals surface area contributed by atoms with Crippen molar-refractivity contribution in [3.05, 3.63) is 150 Å². The minimum absolute atomic E-state index is 0.0388. The number of ether oxygens (including phenoxy) is 2. The summed E-state index contributed by atoms with van der Waals surface area (Å²) in [5, 5.41) is 32.2. The second-order valence-corrected chi connectivity index (χ2v) is 15.2. The van der Waals surface area contributed by atoms with Gasteiger partial charge in [0, 0.05) is 23.8 Å². The molecule has 0 bridgehead atoms. The first-order chi connectivity index (χ1) is 25.3. The Bertz CT molecular complexity index is 2200. The molecule has 0 amide bonds. The number of hydrogen-bond donors (Lipinski definition) is 3. The van der Waals surface area contributed by atoms with E-state index in [0.29, 0.717) is 10.9 Å². The third-order valence-corrected chi connectivity index (χ3v) is 11.4. The van der Waals surface area contributed by atoms with Crippen LogP contribution in [-0.2, 0) is 32.6 Å². The lowest BCUT2D eigenvalue weighted by atomic mass is 9.91. The molecule has 0 spiro atoms. The number of thioether (sulfide) groups is 1. The molecule has 4 atom stereocenters. The number of tetrazole rings is 1. The van der Waals surface area contributed by atoms with Gasteiger partial charge >= 0.3 is 0 Å². The fourth-order valence-electron chi connectivity index (χ4n) is 6.05. The summed E-state index contributed by atoms with van der Waals surface area (Å²) in [5.41, 5.74) is 6.13. The van der Waals surface area contributed by atoms with Crippen molar-refractivity contribution in [3.63, 3.8) is 0 Å². The molecule has 0 unspecified atom stereocenters. The van der Waals surface area contributed by atoms with Crippen LogP contribution in [0, 0.1) is 5.92 Å². The first-order valence-corrected chi connectivity index (χ1v) is 19.2. The largest absolute Gasteiger partial charge is 0.508 e. The molecule has 0 saturated carbocycles. The van der Waals surface area contributed by atoms with Gasteiger partial charge in [0.15, 0.2) is 6.29 Å². The summed E-state index contributed by atoms with van der Waals surface area (Å²) in [6.45, 7) is 2.22. The lowest BCUT2D eigenvalue weighted by Gasteiger charge is -2.41. The van der Waals surface area contributed by atoms with E-state index >= 15 is 0 Å².